The van der Waals surface area contributed by atoms with Gasteiger partial charge in [-0.25, -0.2) is 4.98 Å². The van der Waals surface area contributed by atoms with E-state index in [2.05, 4.69) is 15.0 Å². The quantitative estimate of drug-likeness (QED) is 0.355. The summed E-state index contributed by atoms with van der Waals surface area (Å²) in [6.07, 6.45) is -2.95. The Morgan fingerprint density at radius 3 is 2.36 bits per heavy atom. The minimum absolute atomic E-state index is 0.271. The Morgan fingerprint density at radius 1 is 0.893 bits per heavy atom. The summed E-state index contributed by atoms with van der Waals surface area (Å²) < 4.78 is 38.7. The highest BCUT2D eigenvalue weighted by molar-refractivity contribution is 6.36. The molecule has 2 aromatic heterocycles. The van der Waals surface area contributed by atoms with E-state index in [1.807, 2.05) is 0 Å². The minimum Gasteiger partial charge on any atom is -0.338 e. The van der Waals surface area contributed by atoms with Crippen molar-refractivity contribution < 1.29 is 13.2 Å². The molecule has 2 heterocycles. The first-order valence-electron chi connectivity index (χ1n) is 7.91. The van der Waals surface area contributed by atoms with Crippen LogP contribution in [0.5, 0.6) is 0 Å². The van der Waals surface area contributed by atoms with Crippen LogP contribution in [0, 0.1) is 0 Å². The van der Waals surface area contributed by atoms with Gasteiger partial charge in [-0.1, -0.05) is 40.9 Å². The van der Waals surface area contributed by atoms with Gasteiger partial charge in [0.2, 0.25) is 0 Å². The van der Waals surface area contributed by atoms with E-state index in [4.69, 9.17) is 34.8 Å². The fourth-order valence-electron chi connectivity index (χ4n) is 2.79. The zero-order valence-corrected chi connectivity index (χ0v) is 16.0. The summed E-state index contributed by atoms with van der Waals surface area (Å²) in [7, 11) is 0. The molecule has 1 N–H and O–H groups in total. The van der Waals surface area contributed by atoms with Crippen molar-refractivity contribution in [2.75, 3.05) is 0 Å². The predicted octanol–water partition coefficient (Wildman–Crippen LogP) is 7.27. The first-order chi connectivity index (χ1) is 13.2. The molecule has 0 aliphatic rings. The number of benzene rings is 2. The van der Waals surface area contributed by atoms with Crippen LogP contribution in [0.1, 0.15) is 5.56 Å². The molecule has 28 heavy (non-hydrogen) atoms. The summed E-state index contributed by atoms with van der Waals surface area (Å²) in [6.45, 7) is 0. The van der Waals surface area contributed by atoms with E-state index in [0.29, 0.717) is 43.2 Å². The molecule has 0 aliphatic carbocycles. The van der Waals surface area contributed by atoms with Crippen LogP contribution < -0.4 is 0 Å². The van der Waals surface area contributed by atoms with Crippen molar-refractivity contribution in [1.29, 1.82) is 0 Å². The lowest BCUT2D eigenvalue weighted by molar-refractivity contribution is -0.137. The third-order valence-electron chi connectivity index (χ3n) is 4.11. The maximum atomic E-state index is 12.9. The zero-order valence-electron chi connectivity index (χ0n) is 13.8. The number of aromatic amines is 1. The van der Waals surface area contributed by atoms with Crippen molar-refractivity contribution in [1.82, 2.24) is 15.0 Å². The lowest BCUT2D eigenvalue weighted by atomic mass is 10.1. The summed E-state index contributed by atoms with van der Waals surface area (Å²) in [5.74, 6) is 0.362. The van der Waals surface area contributed by atoms with Crippen molar-refractivity contribution >= 4 is 45.8 Å². The maximum absolute atomic E-state index is 12.9. The van der Waals surface area contributed by atoms with Crippen LogP contribution in [0.3, 0.4) is 0 Å². The van der Waals surface area contributed by atoms with Gasteiger partial charge in [0.25, 0.3) is 0 Å². The van der Waals surface area contributed by atoms with E-state index in [-0.39, 0.29) is 5.52 Å². The number of halogens is 6. The lowest BCUT2D eigenvalue weighted by Gasteiger charge is -2.07. The van der Waals surface area contributed by atoms with Crippen molar-refractivity contribution in [3.63, 3.8) is 0 Å². The van der Waals surface area contributed by atoms with Crippen LogP contribution in [0.25, 0.3) is 33.7 Å². The number of hydrogen-bond donors (Lipinski definition) is 1. The van der Waals surface area contributed by atoms with E-state index < -0.39 is 11.7 Å². The van der Waals surface area contributed by atoms with Crippen LogP contribution in [-0.4, -0.2) is 15.0 Å². The molecule has 0 spiro atoms. The summed E-state index contributed by atoms with van der Waals surface area (Å²) in [5, 5.41) is 1.14. The molecule has 0 unspecified atom stereocenters. The standard InChI is InChI=1S/C19H9Cl3F3N3/c20-11-7-14(22)17(26-8-11)9-1-3-12(13(21)5-9)18-27-15-4-2-10(19(23,24)25)6-16(15)28-18/h1-8H,(H,27,28). The molecule has 0 amide bonds. The summed E-state index contributed by atoms with van der Waals surface area (Å²) in [6, 6.07) is 10.0. The van der Waals surface area contributed by atoms with Gasteiger partial charge in [0.1, 0.15) is 5.82 Å². The normalized spacial score (nSPS) is 11.9. The van der Waals surface area contributed by atoms with E-state index in [0.717, 1.165) is 12.1 Å². The number of nitrogens with zero attached hydrogens (tertiary/aromatic N) is 2. The third-order valence-corrected chi connectivity index (χ3v) is 4.92. The Hall–Kier alpha value is -2.28. The molecule has 0 bridgehead atoms. The molecule has 0 saturated heterocycles. The molecular formula is C19H9Cl3F3N3. The van der Waals surface area contributed by atoms with Gasteiger partial charge in [0.15, 0.2) is 0 Å². The van der Waals surface area contributed by atoms with Gasteiger partial charge in [0, 0.05) is 17.3 Å². The molecular weight excluding hydrogens is 434 g/mol. The first kappa shape index (κ1) is 19.1. The third kappa shape index (κ3) is 3.55. The summed E-state index contributed by atoms with van der Waals surface area (Å²) in [4.78, 5) is 11.4. The molecule has 2 aromatic carbocycles. The van der Waals surface area contributed by atoms with Crippen LogP contribution in [0.4, 0.5) is 13.2 Å². The number of imidazole rings is 1. The number of rotatable bonds is 2. The number of pyridine rings is 1. The van der Waals surface area contributed by atoms with Gasteiger partial charge < -0.3 is 4.98 Å². The smallest absolute Gasteiger partial charge is 0.338 e. The Labute approximate surface area is 172 Å². The molecule has 4 aromatic rings. The van der Waals surface area contributed by atoms with Crippen LogP contribution in [0.15, 0.2) is 48.7 Å². The number of H-pyrrole nitrogens is 1. The number of hydrogen-bond acceptors (Lipinski definition) is 2. The highest BCUT2D eigenvalue weighted by Crippen LogP contribution is 2.35. The zero-order chi connectivity index (χ0) is 20.1. The van der Waals surface area contributed by atoms with E-state index >= 15 is 0 Å². The topological polar surface area (TPSA) is 41.6 Å². The highest BCUT2D eigenvalue weighted by Gasteiger charge is 2.30. The maximum Gasteiger partial charge on any atom is 0.416 e. The Kier molecular flexibility index (Phi) is 4.73. The van der Waals surface area contributed by atoms with Crippen LogP contribution in [-0.2, 0) is 6.18 Å². The molecule has 0 saturated carbocycles. The van der Waals surface area contributed by atoms with Gasteiger partial charge >= 0.3 is 6.18 Å². The van der Waals surface area contributed by atoms with Gasteiger partial charge in [0.05, 0.1) is 37.4 Å². The molecule has 142 valence electrons. The average molecular weight is 443 g/mol. The summed E-state index contributed by atoms with van der Waals surface area (Å²) >= 11 is 18.4. The van der Waals surface area contributed by atoms with Crippen molar-refractivity contribution in [3.05, 3.63) is 69.3 Å². The SMILES string of the molecule is FC(F)(F)c1ccc2nc(-c3ccc(-c4ncc(Cl)cc4Cl)cc3Cl)[nH]c2c1. The molecule has 0 aliphatic heterocycles. The highest BCUT2D eigenvalue weighted by atomic mass is 35.5. The molecule has 0 radical (unpaired) electrons. The number of alkyl halides is 3. The Balaban J connectivity index is 1.75. The molecule has 9 heteroatoms. The van der Waals surface area contributed by atoms with Gasteiger partial charge in [-0.2, -0.15) is 13.2 Å². The fourth-order valence-corrected chi connectivity index (χ4v) is 3.55. The van der Waals surface area contributed by atoms with Crippen LogP contribution in [0.2, 0.25) is 15.1 Å². The fraction of sp³-hybridized carbons (Fsp3) is 0.0526. The lowest BCUT2D eigenvalue weighted by Crippen LogP contribution is -2.04. The van der Waals surface area contributed by atoms with Gasteiger partial charge in [-0.15, -0.1) is 0 Å². The van der Waals surface area contributed by atoms with E-state index in [1.54, 1.807) is 24.3 Å². The molecule has 3 nitrogen and oxygen atoms in total. The van der Waals surface area contributed by atoms with Crippen molar-refractivity contribution in [2.24, 2.45) is 0 Å². The molecule has 0 atom stereocenters. The Bertz CT molecular complexity index is 1200. The molecule has 0 fully saturated rings. The van der Waals surface area contributed by atoms with Crippen molar-refractivity contribution in [2.45, 2.75) is 6.18 Å². The van der Waals surface area contributed by atoms with Crippen molar-refractivity contribution in [3.8, 4) is 22.6 Å². The molecule has 4 rings (SSSR count). The van der Waals surface area contributed by atoms with E-state index in [1.165, 1.54) is 12.3 Å². The number of aromatic nitrogens is 3. The largest absolute Gasteiger partial charge is 0.416 e. The predicted molar refractivity (Wildman–Crippen MR) is 105 cm³/mol. The minimum atomic E-state index is -4.43. The second-order valence-electron chi connectivity index (χ2n) is 5.99. The number of fused-ring (bicyclic) bond motifs is 1. The van der Waals surface area contributed by atoms with E-state index in [9.17, 15) is 13.2 Å². The van der Waals surface area contributed by atoms with Crippen LogP contribution >= 0.6 is 34.8 Å². The first-order valence-corrected chi connectivity index (χ1v) is 9.04. The average Bonchev–Trinajstić information content (AvgIpc) is 3.03. The van der Waals surface area contributed by atoms with Gasteiger partial charge in [-0.05, 0) is 36.4 Å². The number of nitrogens with one attached hydrogen (secondary N) is 1. The second-order valence-corrected chi connectivity index (χ2v) is 7.24. The summed E-state index contributed by atoms with van der Waals surface area (Å²) in [5.41, 5.74) is 1.66. The van der Waals surface area contributed by atoms with Gasteiger partial charge in [-0.3, -0.25) is 4.98 Å². The Morgan fingerprint density at radius 2 is 1.68 bits per heavy atom. The monoisotopic (exact) mass is 441 g/mol. The second kappa shape index (κ2) is 6.95.